The minimum Gasteiger partial charge on any atom is -0.298 e. The zero-order valence-electron chi connectivity index (χ0n) is 7.56. The van der Waals surface area contributed by atoms with E-state index >= 15 is 0 Å². The first kappa shape index (κ1) is 11.5. The van der Waals surface area contributed by atoms with Crippen molar-refractivity contribution in [1.82, 2.24) is 0 Å². The first-order valence-corrected chi connectivity index (χ1v) is 5.02. The predicted octanol–water partition coefficient (Wildman–Crippen LogP) is 3.43. The van der Waals surface area contributed by atoms with E-state index in [1.54, 1.807) is 12.1 Å². The van der Waals surface area contributed by atoms with Gasteiger partial charge in [-0.05, 0) is 18.6 Å². The lowest BCUT2D eigenvalue weighted by Crippen LogP contribution is -2.07. The maximum atomic E-state index is 13.4. The maximum absolute atomic E-state index is 13.4. The lowest BCUT2D eigenvalue weighted by molar-refractivity contribution is -0.116. The molecule has 0 radical (unpaired) electrons. The Balaban J connectivity index is 3.23. The van der Waals surface area contributed by atoms with Crippen LogP contribution in [0.1, 0.15) is 23.4 Å². The van der Waals surface area contributed by atoms with Gasteiger partial charge in [-0.25, -0.2) is 4.39 Å². The monoisotopic (exact) mass is 234 g/mol. The molecule has 1 atom stereocenters. The zero-order valence-corrected chi connectivity index (χ0v) is 9.07. The summed E-state index contributed by atoms with van der Waals surface area (Å²) in [5.74, 6) is -0.634. The topological polar surface area (TPSA) is 17.1 Å². The van der Waals surface area contributed by atoms with Crippen molar-refractivity contribution in [2.75, 3.05) is 0 Å². The zero-order chi connectivity index (χ0) is 10.7. The summed E-state index contributed by atoms with van der Waals surface area (Å²) < 4.78 is 13.4. The Morgan fingerprint density at radius 1 is 1.57 bits per heavy atom. The van der Waals surface area contributed by atoms with Crippen molar-refractivity contribution in [2.24, 2.45) is 0 Å². The van der Waals surface area contributed by atoms with Crippen molar-refractivity contribution in [3.05, 3.63) is 35.1 Å². The molecular weight excluding hydrogens is 226 g/mol. The highest BCUT2D eigenvalue weighted by Crippen LogP contribution is 2.28. The number of Topliss-reactive ketones (excluding diaryl/α,β-unsaturated/α-hetero) is 1. The van der Waals surface area contributed by atoms with Gasteiger partial charge in [0.05, 0.1) is 0 Å². The van der Waals surface area contributed by atoms with Gasteiger partial charge in [-0.1, -0.05) is 12.1 Å². The molecule has 0 saturated carbocycles. The highest BCUT2D eigenvalue weighted by Gasteiger charge is 2.20. The number of carbonyl (C=O) groups excluding carboxylic acids is 1. The van der Waals surface area contributed by atoms with Crippen LogP contribution in [-0.2, 0) is 10.7 Å². The summed E-state index contributed by atoms with van der Waals surface area (Å²) in [6, 6.07) is 4.47. The molecule has 1 unspecified atom stereocenters. The SMILES string of the molecule is CC(=O)C(Cl)c1c(F)cccc1CCl. The first-order chi connectivity index (χ1) is 6.57. The van der Waals surface area contributed by atoms with Crippen LogP contribution in [0.15, 0.2) is 18.2 Å². The fourth-order valence-electron chi connectivity index (χ4n) is 1.19. The molecule has 0 amide bonds. The number of hydrogen-bond acceptors (Lipinski definition) is 1. The van der Waals surface area contributed by atoms with Crippen molar-refractivity contribution in [3.63, 3.8) is 0 Å². The van der Waals surface area contributed by atoms with E-state index in [9.17, 15) is 9.18 Å². The largest absolute Gasteiger partial charge is 0.298 e. The second-order valence-corrected chi connectivity index (χ2v) is 3.62. The number of alkyl halides is 2. The van der Waals surface area contributed by atoms with E-state index in [1.165, 1.54) is 13.0 Å². The number of benzene rings is 1. The van der Waals surface area contributed by atoms with E-state index in [1.807, 2.05) is 0 Å². The molecule has 1 nitrogen and oxygen atoms in total. The van der Waals surface area contributed by atoms with E-state index in [2.05, 4.69) is 0 Å². The lowest BCUT2D eigenvalue weighted by Gasteiger charge is -2.11. The lowest BCUT2D eigenvalue weighted by atomic mass is 10.0. The smallest absolute Gasteiger partial charge is 0.152 e. The molecule has 0 heterocycles. The number of rotatable bonds is 3. The van der Waals surface area contributed by atoms with E-state index in [0.717, 1.165) is 0 Å². The Bertz CT molecular complexity index is 352. The summed E-state index contributed by atoms with van der Waals surface area (Å²) in [5.41, 5.74) is 0.749. The van der Waals surface area contributed by atoms with E-state index < -0.39 is 11.2 Å². The highest BCUT2D eigenvalue weighted by atomic mass is 35.5. The molecule has 0 fully saturated rings. The number of hydrogen-bond donors (Lipinski definition) is 0. The highest BCUT2D eigenvalue weighted by molar-refractivity contribution is 6.31. The van der Waals surface area contributed by atoms with Gasteiger partial charge >= 0.3 is 0 Å². The minimum absolute atomic E-state index is 0.142. The van der Waals surface area contributed by atoms with Crippen LogP contribution >= 0.6 is 23.2 Å². The third-order valence-corrected chi connectivity index (χ3v) is 2.71. The molecule has 0 aromatic heterocycles. The van der Waals surface area contributed by atoms with Crippen molar-refractivity contribution < 1.29 is 9.18 Å². The molecule has 4 heteroatoms. The maximum Gasteiger partial charge on any atom is 0.152 e. The molecule has 76 valence electrons. The van der Waals surface area contributed by atoms with Crippen LogP contribution in [0.2, 0.25) is 0 Å². The molecule has 0 N–H and O–H groups in total. The Morgan fingerprint density at radius 3 is 2.71 bits per heavy atom. The third kappa shape index (κ3) is 2.25. The van der Waals surface area contributed by atoms with E-state index in [4.69, 9.17) is 23.2 Å². The predicted molar refractivity (Wildman–Crippen MR) is 55.2 cm³/mol. The van der Waals surface area contributed by atoms with Crippen molar-refractivity contribution in [2.45, 2.75) is 18.2 Å². The molecule has 0 aliphatic carbocycles. The normalized spacial score (nSPS) is 12.6. The summed E-state index contributed by atoms with van der Waals surface area (Å²) in [7, 11) is 0. The summed E-state index contributed by atoms with van der Waals surface area (Å²) in [6.07, 6.45) is 0. The van der Waals surface area contributed by atoms with Gasteiger partial charge in [-0.3, -0.25) is 4.79 Å². The molecule has 1 aromatic rings. The molecule has 0 aliphatic heterocycles. The van der Waals surface area contributed by atoms with Gasteiger partial charge in [0.15, 0.2) is 5.78 Å². The fraction of sp³-hybridized carbons (Fsp3) is 0.300. The van der Waals surface area contributed by atoms with Crippen molar-refractivity contribution >= 4 is 29.0 Å². The quantitative estimate of drug-likeness (QED) is 0.733. The average molecular weight is 235 g/mol. The van der Waals surface area contributed by atoms with Crippen LogP contribution < -0.4 is 0 Å². The third-order valence-electron chi connectivity index (χ3n) is 1.90. The van der Waals surface area contributed by atoms with Gasteiger partial charge in [-0.15, -0.1) is 23.2 Å². The standard InChI is InChI=1S/C10H9Cl2FO/c1-6(14)10(12)9-7(5-11)3-2-4-8(9)13/h2-4,10H,5H2,1H3. The Kier molecular flexibility index (Phi) is 3.90. The molecule has 0 bridgehead atoms. The Hall–Kier alpha value is -0.600. The van der Waals surface area contributed by atoms with Crippen LogP contribution in [0.3, 0.4) is 0 Å². The summed E-state index contributed by atoms with van der Waals surface area (Å²) in [6.45, 7) is 1.32. The van der Waals surface area contributed by atoms with Crippen LogP contribution in [0.4, 0.5) is 4.39 Å². The summed E-state index contributed by atoms with van der Waals surface area (Å²) >= 11 is 11.4. The molecule has 0 saturated heterocycles. The fourth-order valence-corrected chi connectivity index (χ4v) is 1.66. The van der Waals surface area contributed by atoms with Gasteiger partial charge in [0, 0.05) is 11.4 Å². The van der Waals surface area contributed by atoms with E-state index in [-0.39, 0.29) is 17.2 Å². The van der Waals surface area contributed by atoms with Crippen molar-refractivity contribution in [3.8, 4) is 0 Å². The van der Waals surface area contributed by atoms with Gasteiger partial charge in [-0.2, -0.15) is 0 Å². The van der Waals surface area contributed by atoms with Crippen LogP contribution in [0.25, 0.3) is 0 Å². The molecule has 1 rings (SSSR count). The van der Waals surface area contributed by atoms with Gasteiger partial charge in [0.25, 0.3) is 0 Å². The van der Waals surface area contributed by atoms with Gasteiger partial charge in [0.2, 0.25) is 0 Å². The number of halogens is 3. The molecule has 0 aliphatic rings. The average Bonchev–Trinajstić information content (AvgIpc) is 2.16. The van der Waals surface area contributed by atoms with Gasteiger partial charge < -0.3 is 0 Å². The van der Waals surface area contributed by atoms with Crippen molar-refractivity contribution in [1.29, 1.82) is 0 Å². The first-order valence-electron chi connectivity index (χ1n) is 4.05. The van der Waals surface area contributed by atoms with Gasteiger partial charge in [0.1, 0.15) is 11.2 Å². The summed E-state index contributed by atoms with van der Waals surface area (Å²) in [4.78, 5) is 11.0. The Labute approximate surface area is 91.8 Å². The second-order valence-electron chi connectivity index (χ2n) is 2.92. The molecule has 14 heavy (non-hydrogen) atoms. The van der Waals surface area contributed by atoms with Crippen LogP contribution in [-0.4, -0.2) is 5.78 Å². The number of ketones is 1. The number of carbonyl (C=O) groups is 1. The molecule has 0 spiro atoms. The van der Waals surface area contributed by atoms with Crippen LogP contribution in [0, 0.1) is 5.82 Å². The second kappa shape index (κ2) is 4.76. The van der Waals surface area contributed by atoms with Crippen LogP contribution in [0.5, 0.6) is 0 Å². The molecule has 1 aromatic carbocycles. The summed E-state index contributed by atoms with van der Waals surface area (Å²) in [5, 5.41) is -0.954. The Morgan fingerprint density at radius 2 is 2.21 bits per heavy atom. The van der Waals surface area contributed by atoms with E-state index in [0.29, 0.717) is 5.56 Å². The molecular formula is C10H9Cl2FO. The minimum atomic E-state index is -0.954.